The minimum atomic E-state index is -0.671. The Balaban J connectivity index is 2.28. The molecule has 1 unspecified atom stereocenters. The van der Waals surface area contributed by atoms with Crippen molar-refractivity contribution in [3.8, 4) is 0 Å². The molecule has 1 aromatic carbocycles. The topological polar surface area (TPSA) is 80.5 Å². The first-order chi connectivity index (χ1) is 10.3. The Labute approximate surface area is 138 Å². The van der Waals surface area contributed by atoms with E-state index in [0.717, 1.165) is 23.9 Å². The summed E-state index contributed by atoms with van der Waals surface area (Å²) in [6.07, 6.45) is 0.190. The number of nitro benzene ring substituents is 1. The molecule has 1 saturated heterocycles. The van der Waals surface area contributed by atoms with E-state index in [0.29, 0.717) is 5.75 Å². The highest BCUT2D eigenvalue weighted by Gasteiger charge is 2.35. The largest absolute Gasteiger partial charge is 0.306 e. The molecule has 0 bridgehead atoms. The number of nitro groups is 1. The Morgan fingerprint density at radius 3 is 2.86 bits per heavy atom. The summed E-state index contributed by atoms with van der Waals surface area (Å²) in [6.45, 7) is 1.68. The molecule has 1 amide bonds. The lowest BCUT2D eigenvalue weighted by molar-refractivity contribution is -0.384. The van der Waals surface area contributed by atoms with Gasteiger partial charge in [-0.1, -0.05) is 11.8 Å². The Hall–Kier alpha value is -1.48. The van der Waals surface area contributed by atoms with Gasteiger partial charge in [0.05, 0.1) is 9.40 Å². The predicted molar refractivity (Wildman–Crippen MR) is 84.4 cm³/mol. The quantitative estimate of drug-likeness (QED) is 0.582. The molecule has 0 spiro atoms. The van der Waals surface area contributed by atoms with Gasteiger partial charge < -0.3 is 4.90 Å². The Bertz CT molecular complexity index is 655. The van der Waals surface area contributed by atoms with Crippen molar-refractivity contribution in [2.45, 2.75) is 13.3 Å². The predicted octanol–water partition coefficient (Wildman–Crippen LogP) is 3.13. The molecule has 118 valence electrons. The molecule has 1 aliphatic heterocycles. The summed E-state index contributed by atoms with van der Waals surface area (Å²) in [7, 11) is 0. The normalized spacial score (nSPS) is 17.9. The van der Waals surface area contributed by atoms with Crippen molar-refractivity contribution in [2.75, 3.05) is 17.2 Å². The molecule has 22 heavy (non-hydrogen) atoms. The number of carbonyl (C=O) groups excluding carboxylic acids is 2. The summed E-state index contributed by atoms with van der Waals surface area (Å²) in [5.41, 5.74) is -0.382. The minimum Gasteiger partial charge on any atom is -0.306 e. The number of carbonyl (C=O) groups is 2. The molecule has 0 aliphatic carbocycles. The second-order valence-electron chi connectivity index (χ2n) is 4.89. The number of hydrogen-bond donors (Lipinski definition) is 0. The fourth-order valence-electron chi connectivity index (χ4n) is 2.25. The summed E-state index contributed by atoms with van der Waals surface area (Å²) >= 11 is 4.01. The van der Waals surface area contributed by atoms with Crippen molar-refractivity contribution in [3.05, 3.63) is 32.5 Å². The third-order valence-electron chi connectivity index (χ3n) is 3.23. The Kier molecular flexibility index (Phi) is 5.17. The average molecular weight is 391 g/mol. The van der Waals surface area contributed by atoms with Crippen LogP contribution in [0.1, 0.15) is 13.3 Å². The standard InChI is InChI=1S/C13H12BrFN2O4S/c1-7(18)22-6-8-2-13(19)16(5-8)11-4-10(15)9(14)3-12(11)17(20)21/h3-4,8H,2,5-6H2,1H3. The molecule has 2 rings (SSSR count). The monoisotopic (exact) mass is 390 g/mol. The SMILES string of the molecule is CC(=O)SCC1CC(=O)N(c2cc(F)c(Br)cc2[N+](=O)[O-])C1. The number of benzene rings is 1. The molecule has 1 aliphatic rings. The van der Waals surface area contributed by atoms with E-state index in [1.807, 2.05) is 0 Å². The van der Waals surface area contributed by atoms with Crippen molar-refractivity contribution in [1.29, 1.82) is 0 Å². The smallest absolute Gasteiger partial charge is 0.294 e. The van der Waals surface area contributed by atoms with Crippen LogP contribution in [0, 0.1) is 21.8 Å². The molecule has 0 N–H and O–H groups in total. The Morgan fingerprint density at radius 1 is 1.59 bits per heavy atom. The van der Waals surface area contributed by atoms with Gasteiger partial charge in [-0.2, -0.15) is 0 Å². The van der Waals surface area contributed by atoms with E-state index >= 15 is 0 Å². The van der Waals surface area contributed by atoms with Crippen LogP contribution < -0.4 is 4.90 Å². The van der Waals surface area contributed by atoms with Gasteiger partial charge in [-0.25, -0.2) is 4.39 Å². The van der Waals surface area contributed by atoms with Crippen molar-refractivity contribution >= 4 is 50.1 Å². The van der Waals surface area contributed by atoms with Crippen LogP contribution in [0.4, 0.5) is 15.8 Å². The van der Waals surface area contributed by atoms with Gasteiger partial charge in [0.2, 0.25) is 5.91 Å². The van der Waals surface area contributed by atoms with Gasteiger partial charge >= 0.3 is 0 Å². The zero-order valence-corrected chi connectivity index (χ0v) is 13.9. The molecular weight excluding hydrogens is 379 g/mol. The molecule has 9 heteroatoms. The number of anilines is 1. The number of rotatable bonds is 4. The molecular formula is C13H12BrFN2O4S. The summed E-state index contributed by atoms with van der Waals surface area (Å²) < 4.78 is 13.7. The molecule has 6 nitrogen and oxygen atoms in total. The maximum absolute atomic E-state index is 13.7. The van der Waals surface area contributed by atoms with Crippen molar-refractivity contribution in [1.82, 2.24) is 0 Å². The van der Waals surface area contributed by atoms with Crippen LogP contribution in [0.25, 0.3) is 0 Å². The Morgan fingerprint density at radius 2 is 2.27 bits per heavy atom. The van der Waals surface area contributed by atoms with Crippen LogP contribution in [-0.2, 0) is 9.59 Å². The van der Waals surface area contributed by atoms with Gasteiger partial charge in [0.25, 0.3) is 5.69 Å². The third kappa shape index (κ3) is 3.64. The van der Waals surface area contributed by atoms with Gasteiger partial charge in [0.1, 0.15) is 11.5 Å². The van der Waals surface area contributed by atoms with Crippen LogP contribution in [0.5, 0.6) is 0 Å². The summed E-state index contributed by atoms with van der Waals surface area (Å²) in [5, 5.41) is 11.1. The fraction of sp³-hybridized carbons (Fsp3) is 0.385. The summed E-state index contributed by atoms with van der Waals surface area (Å²) in [5.74, 6) is -0.605. The van der Waals surface area contributed by atoms with Crippen LogP contribution in [0.3, 0.4) is 0 Å². The molecule has 0 radical (unpaired) electrons. The number of halogens is 2. The highest BCUT2D eigenvalue weighted by atomic mass is 79.9. The summed E-state index contributed by atoms with van der Waals surface area (Å²) in [6, 6.07) is 2.04. The van der Waals surface area contributed by atoms with Crippen LogP contribution in [-0.4, -0.2) is 28.2 Å². The average Bonchev–Trinajstić information content (AvgIpc) is 2.80. The van der Waals surface area contributed by atoms with Gasteiger partial charge in [-0.15, -0.1) is 0 Å². The maximum Gasteiger partial charge on any atom is 0.294 e. The van der Waals surface area contributed by atoms with E-state index in [2.05, 4.69) is 15.9 Å². The van der Waals surface area contributed by atoms with E-state index in [9.17, 15) is 24.1 Å². The van der Waals surface area contributed by atoms with E-state index < -0.39 is 10.7 Å². The van der Waals surface area contributed by atoms with Crippen LogP contribution in [0.15, 0.2) is 16.6 Å². The maximum atomic E-state index is 13.7. The summed E-state index contributed by atoms with van der Waals surface area (Å²) in [4.78, 5) is 34.7. The molecule has 0 aromatic heterocycles. The second kappa shape index (κ2) is 6.74. The van der Waals surface area contributed by atoms with Crippen LogP contribution in [0.2, 0.25) is 0 Å². The first-order valence-corrected chi connectivity index (χ1v) is 8.14. The number of hydrogen-bond acceptors (Lipinski definition) is 5. The van der Waals surface area contributed by atoms with Crippen molar-refractivity contribution < 1.29 is 18.9 Å². The molecule has 0 saturated carbocycles. The first-order valence-electron chi connectivity index (χ1n) is 6.36. The fourth-order valence-corrected chi connectivity index (χ4v) is 3.27. The second-order valence-corrected chi connectivity index (χ2v) is 6.94. The number of nitrogens with zero attached hydrogens (tertiary/aromatic N) is 2. The molecule has 1 aromatic rings. The van der Waals surface area contributed by atoms with Gasteiger partial charge in [0, 0.05) is 37.8 Å². The number of thioether (sulfide) groups is 1. The van der Waals surface area contributed by atoms with E-state index in [1.54, 1.807) is 0 Å². The zero-order valence-electron chi connectivity index (χ0n) is 11.5. The van der Waals surface area contributed by atoms with Gasteiger partial charge in [0.15, 0.2) is 5.12 Å². The molecule has 1 atom stereocenters. The van der Waals surface area contributed by atoms with E-state index in [-0.39, 0.29) is 45.8 Å². The number of amides is 1. The lowest BCUT2D eigenvalue weighted by Gasteiger charge is -2.17. The van der Waals surface area contributed by atoms with E-state index in [1.165, 1.54) is 11.8 Å². The lowest BCUT2D eigenvalue weighted by atomic mass is 10.1. The van der Waals surface area contributed by atoms with Crippen molar-refractivity contribution in [2.24, 2.45) is 5.92 Å². The molecule has 1 fully saturated rings. The van der Waals surface area contributed by atoms with E-state index in [4.69, 9.17) is 0 Å². The minimum absolute atomic E-state index is 0.0294. The van der Waals surface area contributed by atoms with Crippen LogP contribution >= 0.6 is 27.7 Å². The molecule has 1 heterocycles. The van der Waals surface area contributed by atoms with Gasteiger partial charge in [-0.05, 0) is 21.8 Å². The highest BCUT2D eigenvalue weighted by molar-refractivity contribution is 9.10. The zero-order chi connectivity index (χ0) is 16.4. The van der Waals surface area contributed by atoms with Crippen molar-refractivity contribution in [3.63, 3.8) is 0 Å². The third-order valence-corrected chi connectivity index (χ3v) is 4.88. The lowest BCUT2D eigenvalue weighted by Crippen LogP contribution is -2.25. The highest BCUT2D eigenvalue weighted by Crippen LogP contribution is 2.37. The van der Waals surface area contributed by atoms with Gasteiger partial charge in [-0.3, -0.25) is 19.7 Å². The first kappa shape index (κ1) is 16.9.